The van der Waals surface area contributed by atoms with Crippen LogP contribution in [0.2, 0.25) is 0 Å². The first-order valence-corrected chi connectivity index (χ1v) is 9.31. The Bertz CT molecular complexity index is 796. The van der Waals surface area contributed by atoms with E-state index in [1.54, 1.807) is 6.20 Å². The van der Waals surface area contributed by atoms with Gasteiger partial charge in [-0.05, 0) is 29.7 Å². The van der Waals surface area contributed by atoms with Gasteiger partial charge in [0.2, 0.25) is 0 Å². The molecule has 0 saturated heterocycles. The number of pyridine rings is 1. The number of nitrogens with zero attached hydrogens (tertiary/aromatic N) is 1. The van der Waals surface area contributed by atoms with Gasteiger partial charge in [-0.3, -0.25) is 4.98 Å². The summed E-state index contributed by atoms with van der Waals surface area (Å²) >= 11 is 0. The van der Waals surface area contributed by atoms with Gasteiger partial charge in [0.25, 0.3) is 0 Å². The first kappa shape index (κ1) is 18.6. The van der Waals surface area contributed by atoms with Crippen LogP contribution in [0, 0.1) is 0 Å². The van der Waals surface area contributed by atoms with E-state index in [4.69, 9.17) is 0 Å². The van der Waals surface area contributed by atoms with Crippen molar-refractivity contribution >= 4 is 6.03 Å². The Labute approximate surface area is 160 Å². The number of rotatable bonds is 7. The van der Waals surface area contributed by atoms with Gasteiger partial charge in [0.05, 0.1) is 5.69 Å². The third kappa shape index (κ3) is 4.53. The Morgan fingerprint density at radius 2 is 1.59 bits per heavy atom. The van der Waals surface area contributed by atoms with E-state index in [1.807, 2.05) is 73.7 Å². The van der Waals surface area contributed by atoms with Crippen LogP contribution in [0.3, 0.4) is 0 Å². The third-order valence-corrected chi connectivity index (χ3v) is 4.54. The summed E-state index contributed by atoms with van der Waals surface area (Å²) in [6, 6.07) is 25.8. The molecule has 0 fully saturated rings. The molecule has 3 aromatic rings. The van der Waals surface area contributed by atoms with E-state index in [9.17, 15) is 4.79 Å². The van der Waals surface area contributed by atoms with E-state index in [-0.39, 0.29) is 6.03 Å². The topological polar surface area (TPSA) is 54.0 Å². The van der Waals surface area contributed by atoms with E-state index in [2.05, 4.69) is 27.8 Å². The number of benzene rings is 2. The van der Waals surface area contributed by atoms with Crippen LogP contribution in [-0.4, -0.2) is 17.6 Å². The zero-order valence-corrected chi connectivity index (χ0v) is 15.6. The van der Waals surface area contributed by atoms with Crippen LogP contribution in [-0.2, 0) is 12.0 Å². The number of amides is 2. The van der Waals surface area contributed by atoms with E-state index in [0.29, 0.717) is 13.0 Å². The van der Waals surface area contributed by atoms with Gasteiger partial charge in [-0.2, -0.15) is 0 Å². The molecule has 0 bridgehead atoms. The number of carbonyl (C=O) groups excluding carboxylic acids is 1. The second-order valence-electron chi connectivity index (χ2n) is 6.53. The maximum Gasteiger partial charge on any atom is 0.315 e. The number of carbonyl (C=O) groups is 1. The molecule has 3 rings (SSSR count). The summed E-state index contributed by atoms with van der Waals surface area (Å²) in [7, 11) is 0. The van der Waals surface area contributed by atoms with Gasteiger partial charge in [0.15, 0.2) is 0 Å². The van der Waals surface area contributed by atoms with Crippen LogP contribution in [0.4, 0.5) is 4.79 Å². The summed E-state index contributed by atoms with van der Waals surface area (Å²) in [5, 5.41) is 6.17. The van der Waals surface area contributed by atoms with E-state index >= 15 is 0 Å². The van der Waals surface area contributed by atoms with Crippen LogP contribution >= 0.6 is 0 Å². The van der Waals surface area contributed by atoms with Crippen molar-refractivity contribution < 1.29 is 4.79 Å². The zero-order chi connectivity index (χ0) is 19.0. The fraction of sp³-hybridized carbons (Fsp3) is 0.217. The molecule has 2 amide bonds. The summed E-state index contributed by atoms with van der Waals surface area (Å²) in [6.07, 6.45) is 3.26. The van der Waals surface area contributed by atoms with E-state index < -0.39 is 5.54 Å². The molecule has 4 nitrogen and oxygen atoms in total. The fourth-order valence-electron chi connectivity index (χ4n) is 3.24. The molecule has 1 aromatic heterocycles. The first-order valence-electron chi connectivity index (χ1n) is 9.31. The van der Waals surface area contributed by atoms with Crippen LogP contribution in [0.5, 0.6) is 0 Å². The highest BCUT2D eigenvalue weighted by Crippen LogP contribution is 2.32. The van der Waals surface area contributed by atoms with Gasteiger partial charge < -0.3 is 10.6 Å². The lowest BCUT2D eigenvalue weighted by atomic mass is 9.80. The largest absolute Gasteiger partial charge is 0.338 e. The highest BCUT2D eigenvalue weighted by atomic mass is 16.2. The van der Waals surface area contributed by atoms with Crippen LogP contribution in [0.15, 0.2) is 85.1 Å². The number of urea groups is 1. The van der Waals surface area contributed by atoms with Gasteiger partial charge in [0.1, 0.15) is 5.54 Å². The number of aromatic nitrogens is 1. The summed E-state index contributed by atoms with van der Waals surface area (Å²) in [4.78, 5) is 17.3. The molecule has 0 aliphatic carbocycles. The van der Waals surface area contributed by atoms with Crippen molar-refractivity contribution in [2.45, 2.75) is 25.3 Å². The Morgan fingerprint density at radius 1 is 0.926 bits per heavy atom. The molecular weight excluding hydrogens is 334 g/mol. The van der Waals surface area contributed by atoms with E-state index in [1.165, 1.54) is 0 Å². The molecule has 4 heteroatoms. The van der Waals surface area contributed by atoms with Crippen LogP contribution < -0.4 is 10.6 Å². The highest BCUT2D eigenvalue weighted by molar-refractivity contribution is 5.76. The van der Waals surface area contributed by atoms with Crippen molar-refractivity contribution in [3.05, 3.63) is 102 Å². The fourth-order valence-corrected chi connectivity index (χ4v) is 3.24. The SMILES string of the molecule is CCCNC(=O)NC(Cc1ccccc1)(c1ccccc1)c1ccccn1. The molecule has 0 aliphatic rings. The van der Waals surface area contributed by atoms with Crippen molar-refractivity contribution in [3.8, 4) is 0 Å². The molecule has 1 heterocycles. The molecule has 1 unspecified atom stereocenters. The average molecular weight is 359 g/mol. The summed E-state index contributed by atoms with van der Waals surface area (Å²) < 4.78 is 0. The van der Waals surface area contributed by atoms with E-state index in [0.717, 1.165) is 23.2 Å². The minimum Gasteiger partial charge on any atom is -0.338 e. The van der Waals surface area contributed by atoms with Crippen LogP contribution in [0.25, 0.3) is 0 Å². The first-order chi connectivity index (χ1) is 13.2. The van der Waals surface area contributed by atoms with Crippen molar-refractivity contribution in [2.75, 3.05) is 6.54 Å². The molecule has 1 atom stereocenters. The molecule has 27 heavy (non-hydrogen) atoms. The second-order valence-corrected chi connectivity index (χ2v) is 6.53. The van der Waals surface area contributed by atoms with Crippen LogP contribution in [0.1, 0.15) is 30.2 Å². The standard InChI is InChI=1S/C23H25N3O/c1-2-16-25-22(27)26-23(20-13-7-4-8-14-20,21-15-9-10-17-24-21)18-19-11-5-3-6-12-19/h3-15,17H,2,16,18H2,1H3,(H2,25,26,27). The lowest BCUT2D eigenvalue weighted by Gasteiger charge is -2.35. The van der Waals surface area contributed by atoms with Gasteiger partial charge in [0, 0.05) is 19.2 Å². The molecule has 2 N–H and O–H groups in total. The summed E-state index contributed by atoms with van der Waals surface area (Å²) in [6.45, 7) is 2.66. The quantitative estimate of drug-likeness (QED) is 0.662. The molecule has 2 aromatic carbocycles. The van der Waals surface area contributed by atoms with Gasteiger partial charge in [-0.25, -0.2) is 4.79 Å². The third-order valence-electron chi connectivity index (χ3n) is 4.54. The normalized spacial score (nSPS) is 12.8. The van der Waals surface area contributed by atoms with Gasteiger partial charge in [-0.1, -0.05) is 73.7 Å². The number of hydrogen-bond acceptors (Lipinski definition) is 2. The minimum atomic E-state index is -0.762. The lowest BCUT2D eigenvalue weighted by Crippen LogP contribution is -2.52. The predicted octanol–water partition coefficient (Wildman–Crippen LogP) is 4.28. The van der Waals surface area contributed by atoms with Crippen molar-refractivity contribution in [1.82, 2.24) is 15.6 Å². The lowest BCUT2D eigenvalue weighted by molar-refractivity contribution is 0.229. The van der Waals surface area contributed by atoms with Crippen molar-refractivity contribution in [1.29, 1.82) is 0 Å². The maximum atomic E-state index is 12.7. The molecular formula is C23H25N3O. The zero-order valence-electron chi connectivity index (χ0n) is 15.6. The predicted molar refractivity (Wildman–Crippen MR) is 108 cm³/mol. The average Bonchev–Trinajstić information content (AvgIpc) is 2.74. The maximum absolute atomic E-state index is 12.7. The Hall–Kier alpha value is -3.14. The molecule has 0 spiro atoms. The molecule has 0 saturated carbocycles. The Kier molecular flexibility index (Phi) is 6.21. The Morgan fingerprint density at radius 3 is 2.22 bits per heavy atom. The van der Waals surface area contributed by atoms with Gasteiger partial charge >= 0.3 is 6.03 Å². The molecule has 0 aliphatic heterocycles. The molecule has 0 radical (unpaired) electrons. The van der Waals surface area contributed by atoms with Crippen molar-refractivity contribution in [3.63, 3.8) is 0 Å². The highest BCUT2D eigenvalue weighted by Gasteiger charge is 2.37. The number of nitrogens with one attached hydrogen (secondary N) is 2. The smallest absolute Gasteiger partial charge is 0.315 e. The number of hydrogen-bond donors (Lipinski definition) is 2. The minimum absolute atomic E-state index is 0.192. The monoisotopic (exact) mass is 359 g/mol. The summed E-state index contributed by atoms with van der Waals surface area (Å²) in [5.74, 6) is 0. The summed E-state index contributed by atoms with van der Waals surface area (Å²) in [5.41, 5.74) is 2.18. The Balaban J connectivity index is 2.10. The van der Waals surface area contributed by atoms with Gasteiger partial charge in [-0.15, -0.1) is 0 Å². The molecule has 138 valence electrons. The van der Waals surface area contributed by atoms with Crippen molar-refractivity contribution in [2.24, 2.45) is 0 Å². The second kappa shape index (κ2) is 8.99.